The molecule has 0 bridgehead atoms. The van der Waals surface area contributed by atoms with Crippen molar-refractivity contribution in [1.29, 1.82) is 0 Å². The number of unbranched alkanes of at least 4 members (excludes halogenated alkanes) is 1. The number of carbonyl (C=O) groups excluding carboxylic acids is 1. The van der Waals surface area contributed by atoms with Gasteiger partial charge in [-0.3, -0.25) is 9.69 Å². The lowest BCUT2D eigenvalue weighted by Crippen LogP contribution is -2.49. The van der Waals surface area contributed by atoms with Gasteiger partial charge in [0.05, 0.1) is 6.54 Å². The summed E-state index contributed by atoms with van der Waals surface area (Å²) in [5.41, 5.74) is 0. The summed E-state index contributed by atoms with van der Waals surface area (Å²) in [4.78, 5) is 19.6. The van der Waals surface area contributed by atoms with Crippen LogP contribution in [0, 0.1) is 0 Å². The van der Waals surface area contributed by atoms with E-state index in [2.05, 4.69) is 22.0 Å². The van der Waals surface area contributed by atoms with Gasteiger partial charge in [0.15, 0.2) is 5.82 Å². The number of aromatic nitrogens is 2. The largest absolute Gasteiger partial charge is 0.387 e. The number of carbonyl (C=O) groups is 1. The molecule has 2 rings (SSSR count). The molecule has 1 aliphatic heterocycles. The van der Waals surface area contributed by atoms with E-state index in [4.69, 9.17) is 9.63 Å². The van der Waals surface area contributed by atoms with Crippen LogP contribution >= 0.6 is 0 Å². The number of hydrogen-bond donors (Lipinski definition) is 1. The summed E-state index contributed by atoms with van der Waals surface area (Å²) in [5, 5.41) is 12.8. The minimum atomic E-state index is -0.412. The first-order valence-corrected chi connectivity index (χ1v) is 7.15. The van der Waals surface area contributed by atoms with E-state index in [9.17, 15) is 4.79 Å². The van der Waals surface area contributed by atoms with Crippen molar-refractivity contribution in [3.8, 4) is 0 Å². The number of rotatable bonds is 6. The predicted molar refractivity (Wildman–Crippen MR) is 71.9 cm³/mol. The lowest BCUT2D eigenvalue weighted by atomic mass is 10.2. The van der Waals surface area contributed by atoms with E-state index in [1.54, 1.807) is 4.90 Å². The van der Waals surface area contributed by atoms with Gasteiger partial charge in [-0.2, -0.15) is 4.98 Å². The van der Waals surface area contributed by atoms with Crippen molar-refractivity contribution < 1.29 is 14.4 Å². The van der Waals surface area contributed by atoms with Gasteiger partial charge in [-0.1, -0.05) is 18.5 Å². The number of piperazine rings is 1. The number of aliphatic hydroxyl groups is 1. The topological polar surface area (TPSA) is 82.7 Å². The molecular formula is C13H22N4O3. The van der Waals surface area contributed by atoms with Crippen LogP contribution in [-0.4, -0.2) is 63.7 Å². The average Bonchev–Trinajstić information content (AvgIpc) is 2.92. The average molecular weight is 282 g/mol. The molecule has 112 valence electrons. The predicted octanol–water partition coefficient (Wildman–Crippen LogP) is 0.0487. The van der Waals surface area contributed by atoms with Crippen molar-refractivity contribution in [3.05, 3.63) is 11.7 Å². The third-order valence-electron chi connectivity index (χ3n) is 3.48. The van der Waals surface area contributed by atoms with Crippen LogP contribution in [0.3, 0.4) is 0 Å². The fourth-order valence-electron chi connectivity index (χ4n) is 2.24. The van der Waals surface area contributed by atoms with E-state index in [0.717, 1.165) is 38.2 Å². The Kier molecular flexibility index (Phi) is 5.49. The highest BCUT2D eigenvalue weighted by molar-refractivity contribution is 5.77. The first kappa shape index (κ1) is 14.9. The zero-order chi connectivity index (χ0) is 14.4. The quantitative estimate of drug-likeness (QED) is 0.794. The summed E-state index contributed by atoms with van der Waals surface area (Å²) < 4.78 is 5.24. The second kappa shape index (κ2) is 7.35. The van der Waals surface area contributed by atoms with Crippen molar-refractivity contribution >= 4 is 5.91 Å². The van der Waals surface area contributed by atoms with Gasteiger partial charge >= 0.3 is 0 Å². The smallest absolute Gasteiger partial charge is 0.248 e. The highest BCUT2D eigenvalue weighted by atomic mass is 16.5. The standard InChI is InChI=1S/C13H22N4O3/c1-2-3-4-11-14-12(20-15-11)9-16-5-7-17(8-6-16)13(19)10-18/h18H,2-10H2,1H3. The van der Waals surface area contributed by atoms with E-state index in [1.165, 1.54) is 0 Å². The van der Waals surface area contributed by atoms with Crippen LogP contribution < -0.4 is 0 Å². The fraction of sp³-hybridized carbons (Fsp3) is 0.769. The van der Waals surface area contributed by atoms with Gasteiger partial charge in [0.25, 0.3) is 0 Å². The number of aliphatic hydroxyl groups excluding tert-OH is 1. The first-order valence-electron chi connectivity index (χ1n) is 7.15. The summed E-state index contributed by atoms with van der Waals surface area (Å²) in [6.07, 6.45) is 3.05. The number of nitrogens with zero attached hydrogens (tertiary/aromatic N) is 4. The number of amides is 1. The Bertz CT molecular complexity index is 427. The van der Waals surface area contributed by atoms with Crippen LogP contribution in [0.1, 0.15) is 31.5 Å². The summed E-state index contributed by atoms with van der Waals surface area (Å²) in [6, 6.07) is 0. The maximum atomic E-state index is 11.4. The molecule has 1 saturated heterocycles. The summed E-state index contributed by atoms with van der Waals surface area (Å²) in [6.45, 7) is 5.14. The second-order valence-electron chi connectivity index (χ2n) is 5.02. The Hall–Kier alpha value is -1.47. The van der Waals surface area contributed by atoms with Crippen molar-refractivity contribution in [1.82, 2.24) is 19.9 Å². The molecule has 1 amide bonds. The molecule has 0 unspecified atom stereocenters. The van der Waals surface area contributed by atoms with Gasteiger partial charge in [-0.05, 0) is 6.42 Å². The van der Waals surface area contributed by atoms with Crippen molar-refractivity contribution in [2.45, 2.75) is 32.7 Å². The Balaban J connectivity index is 1.77. The first-order chi connectivity index (χ1) is 9.72. The van der Waals surface area contributed by atoms with E-state index < -0.39 is 6.61 Å². The molecule has 0 atom stereocenters. The Morgan fingerprint density at radius 2 is 2.10 bits per heavy atom. The minimum absolute atomic E-state index is 0.204. The van der Waals surface area contributed by atoms with E-state index in [1.807, 2.05) is 0 Å². The van der Waals surface area contributed by atoms with Gasteiger partial charge < -0.3 is 14.5 Å². The molecule has 7 heteroatoms. The lowest BCUT2D eigenvalue weighted by molar-refractivity contribution is -0.136. The Labute approximate surface area is 118 Å². The molecule has 7 nitrogen and oxygen atoms in total. The fourth-order valence-corrected chi connectivity index (χ4v) is 2.24. The van der Waals surface area contributed by atoms with Crippen molar-refractivity contribution in [3.63, 3.8) is 0 Å². The van der Waals surface area contributed by atoms with Gasteiger partial charge in [-0.25, -0.2) is 0 Å². The normalized spacial score (nSPS) is 16.6. The number of aryl methyl sites for hydroxylation is 1. The van der Waals surface area contributed by atoms with Crippen LogP contribution in [0.2, 0.25) is 0 Å². The molecule has 1 aromatic rings. The van der Waals surface area contributed by atoms with Crippen LogP contribution in [0.25, 0.3) is 0 Å². The van der Waals surface area contributed by atoms with E-state index in [0.29, 0.717) is 25.5 Å². The molecule has 20 heavy (non-hydrogen) atoms. The van der Waals surface area contributed by atoms with Crippen LogP contribution in [0.5, 0.6) is 0 Å². The summed E-state index contributed by atoms with van der Waals surface area (Å²) in [7, 11) is 0. The third-order valence-corrected chi connectivity index (χ3v) is 3.48. The van der Waals surface area contributed by atoms with Gasteiger partial charge in [0.2, 0.25) is 11.8 Å². The monoisotopic (exact) mass is 282 g/mol. The number of hydrogen-bond acceptors (Lipinski definition) is 6. The molecule has 0 aliphatic carbocycles. The van der Waals surface area contributed by atoms with Crippen LogP contribution in [0.4, 0.5) is 0 Å². The van der Waals surface area contributed by atoms with Gasteiger partial charge in [0, 0.05) is 32.6 Å². The maximum absolute atomic E-state index is 11.4. The van der Waals surface area contributed by atoms with Gasteiger partial charge in [0.1, 0.15) is 6.61 Å². The maximum Gasteiger partial charge on any atom is 0.248 e. The highest BCUT2D eigenvalue weighted by Gasteiger charge is 2.21. The van der Waals surface area contributed by atoms with Crippen molar-refractivity contribution in [2.75, 3.05) is 32.8 Å². The van der Waals surface area contributed by atoms with E-state index >= 15 is 0 Å². The van der Waals surface area contributed by atoms with E-state index in [-0.39, 0.29) is 5.91 Å². The Morgan fingerprint density at radius 1 is 1.35 bits per heavy atom. The zero-order valence-corrected chi connectivity index (χ0v) is 11.9. The SMILES string of the molecule is CCCCc1noc(CN2CCN(C(=O)CO)CC2)n1. The molecule has 0 aromatic carbocycles. The summed E-state index contributed by atoms with van der Waals surface area (Å²) >= 11 is 0. The molecule has 0 saturated carbocycles. The highest BCUT2D eigenvalue weighted by Crippen LogP contribution is 2.08. The molecule has 1 fully saturated rings. The molecule has 0 radical (unpaired) electrons. The third kappa shape index (κ3) is 4.01. The van der Waals surface area contributed by atoms with Gasteiger partial charge in [-0.15, -0.1) is 0 Å². The zero-order valence-electron chi connectivity index (χ0n) is 11.9. The summed E-state index contributed by atoms with van der Waals surface area (Å²) in [5.74, 6) is 1.21. The van der Waals surface area contributed by atoms with Crippen LogP contribution in [-0.2, 0) is 17.8 Å². The molecular weight excluding hydrogens is 260 g/mol. The molecule has 1 N–H and O–H groups in total. The second-order valence-corrected chi connectivity index (χ2v) is 5.02. The Morgan fingerprint density at radius 3 is 2.75 bits per heavy atom. The lowest BCUT2D eigenvalue weighted by Gasteiger charge is -2.33. The molecule has 1 aromatic heterocycles. The molecule has 2 heterocycles. The van der Waals surface area contributed by atoms with Crippen molar-refractivity contribution in [2.24, 2.45) is 0 Å². The molecule has 1 aliphatic rings. The molecule has 0 spiro atoms. The van der Waals surface area contributed by atoms with Crippen LogP contribution in [0.15, 0.2) is 4.52 Å². The minimum Gasteiger partial charge on any atom is -0.387 e.